The van der Waals surface area contributed by atoms with Crippen molar-refractivity contribution in [3.63, 3.8) is 0 Å². The zero-order valence-electron chi connectivity index (χ0n) is 9.56. The van der Waals surface area contributed by atoms with Gasteiger partial charge >= 0.3 is 5.97 Å². The zero-order valence-corrected chi connectivity index (χ0v) is 9.56. The highest BCUT2D eigenvalue weighted by Gasteiger charge is 2.20. The molecule has 1 aromatic carbocycles. The summed E-state index contributed by atoms with van der Waals surface area (Å²) in [6, 6.07) is 6.68. The molecule has 1 fully saturated rings. The van der Waals surface area contributed by atoms with Crippen molar-refractivity contribution in [3.05, 3.63) is 35.4 Å². The summed E-state index contributed by atoms with van der Waals surface area (Å²) in [6.07, 6.45) is 2.28. The smallest absolute Gasteiger partial charge is 0.335 e. The summed E-state index contributed by atoms with van der Waals surface area (Å²) < 4.78 is 0. The van der Waals surface area contributed by atoms with Crippen LogP contribution in [-0.4, -0.2) is 35.0 Å². The molecule has 0 aliphatic carbocycles. The molecule has 1 amide bonds. The van der Waals surface area contributed by atoms with Crippen LogP contribution in [0.3, 0.4) is 0 Å². The van der Waals surface area contributed by atoms with Crippen molar-refractivity contribution in [2.24, 2.45) is 0 Å². The van der Waals surface area contributed by atoms with Crippen molar-refractivity contribution >= 4 is 11.9 Å². The SMILES string of the molecule is O=C(O)c1ccccc1CC(=O)N1CCCC1. The van der Waals surface area contributed by atoms with Crippen LogP contribution >= 0.6 is 0 Å². The van der Waals surface area contributed by atoms with Gasteiger partial charge < -0.3 is 10.0 Å². The van der Waals surface area contributed by atoms with Gasteiger partial charge in [0, 0.05) is 13.1 Å². The summed E-state index contributed by atoms with van der Waals surface area (Å²) in [4.78, 5) is 24.7. The molecule has 17 heavy (non-hydrogen) atoms. The van der Waals surface area contributed by atoms with E-state index in [1.165, 1.54) is 6.07 Å². The normalized spacial score (nSPS) is 14.9. The zero-order chi connectivity index (χ0) is 12.3. The molecule has 0 saturated carbocycles. The van der Waals surface area contributed by atoms with Crippen LogP contribution in [0, 0.1) is 0 Å². The number of carboxylic acids is 1. The molecular formula is C13H15NO3. The molecule has 90 valence electrons. The van der Waals surface area contributed by atoms with Gasteiger partial charge in [-0.3, -0.25) is 4.79 Å². The standard InChI is InChI=1S/C13H15NO3/c15-12(14-7-3-4-8-14)9-10-5-1-2-6-11(10)13(16)17/h1-2,5-6H,3-4,7-9H2,(H,16,17). The quantitative estimate of drug-likeness (QED) is 0.861. The van der Waals surface area contributed by atoms with Crippen LogP contribution in [0.15, 0.2) is 24.3 Å². The fraction of sp³-hybridized carbons (Fsp3) is 0.385. The maximum Gasteiger partial charge on any atom is 0.335 e. The summed E-state index contributed by atoms with van der Waals surface area (Å²) in [5.41, 5.74) is 0.817. The van der Waals surface area contributed by atoms with Crippen molar-refractivity contribution in [2.75, 3.05) is 13.1 Å². The van der Waals surface area contributed by atoms with E-state index in [-0.39, 0.29) is 17.9 Å². The summed E-state index contributed by atoms with van der Waals surface area (Å²) in [5.74, 6) is -0.953. The van der Waals surface area contributed by atoms with Crippen molar-refractivity contribution < 1.29 is 14.7 Å². The molecular weight excluding hydrogens is 218 g/mol. The fourth-order valence-electron chi connectivity index (χ4n) is 2.12. The highest BCUT2D eigenvalue weighted by molar-refractivity contribution is 5.91. The van der Waals surface area contributed by atoms with Crippen LogP contribution in [0.25, 0.3) is 0 Å². The first kappa shape index (κ1) is 11.6. The van der Waals surface area contributed by atoms with E-state index < -0.39 is 5.97 Å². The molecule has 1 aliphatic rings. The predicted molar refractivity (Wildman–Crippen MR) is 62.9 cm³/mol. The van der Waals surface area contributed by atoms with Crippen molar-refractivity contribution in [2.45, 2.75) is 19.3 Å². The summed E-state index contributed by atoms with van der Waals surface area (Å²) in [6.45, 7) is 1.60. The van der Waals surface area contributed by atoms with Crippen LogP contribution in [0.2, 0.25) is 0 Å². The number of carboxylic acid groups (broad SMARTS) is 1. The van der Waals surface area contributed by atoms with E-state index in [4.69, 9.17) is 5.11 Å². The lowest BCUT2D eigenvalue weighted by molar-refractivity contribution is -0.129. The second-order valence-corrected chi connectivity index (χ2v) is 4.23. The van der Waals surface area contributed by atoms with Gasteiger partial charge in [0.05, 0.1) is 12.0 Å². The van der Waals surface area contributed by atoms with E-state index in [2.05, 4.69) is 0 Å². The highest BCUT2D eigenvalue weighted by atomic mass is 16.4. The van der Waals surface area contributed by atoms with E-state index >= 15 is 0 Å². The van der Waals surface area contributed by atoms with Gasteiger partial charge in [0.15, 0.2) is 0 Å². The third-order valence-electron chi connectivity index (χ3n) is 3.05. The van der Waals surface area contributed by atoms with E-state index in [1.54, 1.807) is 23.1 Å². The van der Waals surface area contributed by atoms with Gasteiger partial charge in [0.2, 0.25) is 5.91 Å². The molecule has 0 spiro atoms. The molecule has 0 aromatic heterocycles. The minimum atomic E-state index is -0.977. The lowest BCUT2D eigenvalue weighted by atomic mass is 10.0. The predicted octanol–water partition coefficient (Wildman–Crippen LogP) is 1.55. The number of carbonyl (C=O) groups is 2. The Kier molecular flexibility index (Phi) is 3.42. The fourth-order valence-corrected chi connectivity index (χ4v) is 2.12. The van der Waals surface area contributed by atoms with Crippen molar-refractivity contribution in [3.8, 4) is 0 Å². The number of carbonyl (C=O) groups excluding carboxylic acids is 1. The topological polar surface area (TPSA) is 57.6 Å². The molecule has 2 rings (SSSR count). The first-order chi connectivity index (χ1) is 8.18. The van der Waals surface area contributed by atoms with Gasteiger partial charge in [-0.05, 0) is 24.5 Å². The maximum atomic E-state index is 11.9. The van der Waals surface area contributed by atoms with Gasteiger partial charge in [-0.25, -0.2) is 4.79 Å². The summed E-state index contributed by atoms with van der Waals surface area (Å²) >= 11 is 0. The number of hydrogen-bond acceptors (Lipinski definition) is 2. The number of hydrogen-bond donors (Lipinski definition) is 1. The van der Waals surface area contributed by atoms with Gasteiger partial charge in [-0.1, -0.05) is 18.2 Å². The van der Waals surface area contributed by atoms with Crippen LogP contribution in [0.1, 0.15) is 28.8 Å². The number of aromatic carboxylic acids is 1. The lowest BCUT2D eigenvalue weighted by Gasteiger charge is -2.15. The Morgan fingerprint density at radius 3 is 2.47 bits per heavy atom. The summed E-state index contributed by atoms with van der Waals surface area (Å²) in [7, 11) is 0. The summed E-state index contributed by atoms with van der Waals surface area (Å²) in [5, 5.41) is 9.02. The average Bonchev–Trinajstić information content (AvgIpc) is 2.83. The van der Waals surface area contributed by atoms with Gasteiger partial charge in [-0.2, -0.15) is 0 Å². The first-order valence-corrected chi connectivity index (χ1v) is 5.77. The second kappa shape index (κ2) is 4.99. The Bertz CT molecular complexity index is 436. The van der Waals surface area contributed by atoms with E-state index in [0.717, 1.165) is 25.9 Å². The molecule has 4 heteroatoms. The Hall–Kier alpha value is -1.84. The number of likely N-dealkylation sites (tertiary alicyclic amines) is 1. The van der Waals surface area contributed by atoms with Crippen molar-refractivity contribution in [1.29, 1.82) is 0 Å². The van der Waals surface area contributed by atoms with E-state index in [9.17, 15) is 9.59 Å². The maximum absolute atomic E-state index is 11.9. The average molecular weight is 233 g/mol. The Labute approximate surface area is 99.9 Å². The molecule has 4 nitrogen and oxygen atoms in total. The van der Waals surface area contributed by atoms with Crippen LogP contribution in [-0.2, 0) is 11.2 Å². The van der Waals surface area contributed by atoms with Gasteiger partial charge in [0.25, 0.3) is 0 Å². The molecule has 1 N–H and O–H groups in total. The third-order valence-corrected chi connectivity index (χ3v) is 3.05. The molecule has 1 aromatic rings. The second-order valence-electron chi connectivity index (χ2n) is 4.23. The van der Waals surface area contributed by atoms with E-state index in [0.29, 0.717) is 5.56 Å². The third kappa shape index (κ3) is 2.64. The lowest BCUT2D eigenvalue weighted by Crippen LogP contribution is -2.29. The molecule has 0 radical (unpaired) electrons. The molecule has 1 heterocycles. The Balaban J connectivity index is 2.12. The largest absolute Gasteiger partial charge is 0.478 e. The molecule has 0 unspecified atom stereocenters. The van der Waals surface area contributed by atoms with Crippen LogP contribution in [0.5, 0.6) is 0 Å². The van der Waals surface area contributed by atoms with Crippen LogP contribution in [0.4, 0.5) is 0 Å². The Morgan fingerprint density at radius 1 is 1.18 bits per heavy atom. The number of benzene rings is 1. The van der Waals surface area contributed by atoms with Crippen LogP contribution < -0.4 is 0 Å². The number of nitrogens with zero attached hydrogens (tertiary/aromatic N) is 1. The highest BCUT2D eigenvalue weighted by Crippen LogP contribution is 2.14. The van der Waals surface area contributed by atoms with E-state index in [1.807, 2.05) is 0 Å². The first-order valence-electron chi connectivity index (χ1n) is 5.77. The number of rotatable bonds is 3. The van der Waals surface area contributed by atoms with Gasteiger partial charge in [0.1, 0.15) is 0 Å². The Morgan fingerprint density at radius 2 is 1.82 bits per heavy atom. The minimum Gasteiger partial charge on any atom is -0.478 e. The van der Waals surface area contributed by atoms with Gasteiger partial charge in [-0.15, -0.1) is 0 Å². The molecule has 0 bridgehead atoms. The monoisotopic (exact) mass is 233 g/mol. The molecule has 0 atom stereocenters. The molecule has 1 aliphatic heterocycles. The van der Waals surface area contributed by atoms with Crippen molar-refractivity contribution in [1.82, 2.24) is 4.90 Å². The number of amides is 1. The molecule has 1 saturated heterocycles. The minimum absolute atomic E-state index is 0.0243.